The molecule has 1 N–H and O–H groups in total. The summed E-state index contributed by atoms with van der Waals surface area (Å²) in [5.41, 5.74) is 1.22. The number of nitrogens with one attached hydrogen (secondary N) is 1. The average molecular weight is 389 g/mol. The molecule has 0 saturated heterocycles. The number of benzene rings is 2. The number of amides is 1. The first kappa shape index (κ1) is 16.3. The van der Waals surface area contributed by atoms with Gasteiger partial charge in [0.05, 0.1) is 11.4 Å². The highest BCUT2D eigenvalue weighted by Gasteiger charge is 2.09. The number of hydrogen-bond donors (Lipinski definition) is 1. The molecule has 0 bridgehead atoms. The van der Waals surface area contributed by atoms with Gasteiger partial charge >= 0.3 is 0 Å². The van der Waals surface area contributed by atoms with Crippen LogP contribution in [0.2, 0.25) is 5.02 Å². The van der Waals surface area contributed by atoms with Crippen LogP contribution in [0.3, 0.4) is 0 Å². The van der Waals surface area contributed by atoms with Gasteiger partial charge in [0.25, 0.3) is 0 Å². The molecule has 0 radical (unpaired) electrons. The Kier molecular flexibility index (Phi) is 5.67. The fraction of sp³-hybridized carbons (Fsp3) is 0.133. The normalized spacial score (nSPS) is 10.5. The molecular formula is C15H12BrClFNOS. The molecule has 0 unspecified atom stereocenters. The number of hydrogen-bond acceptors (Lipinski definition) is 2. The highest BCUT2D eigenvalue weighted by Crippen LogP contribution is 2.26. The van der Waals surface area contributed by atoms with Crippen LogP contribution in [0.1, 0.15) is 5.56 Å². The minimum Gasteiger partial charge on any atom is -0.323 e. The zero-order valence-electron chi connectivity index (χ0n) is 11.1. The summed E-state index contributed by atoms with van der Waals surface area (Å²) in [5.74, 6) is -0.589. The van der Waals surface area contributed by atoms with Crippen LogP contribution in [-0.4, -0.2) is 11.7 Å². The van der Waals surface area contributed by atoms with Gasteiger partial charge in [0.15, 0.2) is 0 Å². The smallest absolute Gasteiger partial charge is 0.234 e. The van der Waals surface area contributed by atoms with Crippen LogP contribution in [0.5, 0.6) is 0 Å². The van der Waals surface area contributed by atoms with Gasteiger partial charge in [0.2, 0.25) is 5.91 Å². The standard InChI is InChI=1S/C15H12BrClFNOS/c1-9-6-10(16)2-5-14(9)21-8-15(20)19-13-4-3-11(17)7-12(13)18/h2-7H,8H2,1H3,(H,19,20). The minimum atomic E-state index is -0.541. The third kappa shape index (κ3) is 4.73. The number of rotatable bonds is 4. The molecule has 0 atom stereocenters. The van der Waals surface area contributed by atoms with Crippen molar-refractivity contribution < 1.29 is 9.18 Å². The first-order chi connectivity index (χ1) is 9.95. The van der Waals surface area contributed by atoms with Crippen LogP contribution in [-0.2, 0) is 4.79 Å². The molecule has 0 saturated carbocycles. The van der Waals surface area contributed by atoms with Gasteiger partial charge in [-0.05, 0) is 48.9 Å². The maximum atomic E-state index is 13.6. The zero-order chi connectivity index (χ0) is 15.4. The highest BCUT2D eigenvalue weighted by atomic mass is 79.9. The van der Waals surface area contributed by atoms with Crippen molar-refractivity contribution >= 4 is 50.9 Å². The molecule has 2 aromatic carbocycles. The summed E-state index contributed by atoms with van der Waals surface area (Å²) < 4.78 is 14.6. The van der Waals surface area contributed by atoms with Gasteiger partial charge < -0.3 is 5.32 Å². The molecule has 110 valence electrons. The van der Waals surface area contributed by atoms with Crippen LogP contribution >= 0.6 is 39.3 Å². The largest absolute Gasteiger partial charge is 0.323 e. The van der Waals surface area contributed by atoms with E-state index < -0.39 is 5.82 Å². The van der Waals surface area contributed by atoms with E-state index in [0.717, 1.165) is 14.9 Å². The summed E-state index contributed by atoms with van der Waals surface area (Å²) in [7, 11) is 0. The Morgan fingerprint density at radius 3 is 2.76 bits per heavy atom. The summed E-state index contributed by atoms with van der Waals surface area (Å²) in [4.78, 5) is 12.9. The molecule has 21 heavy (non-hydrogen) atoms. The van der Waals surface area contributed by atoms with Crippen LogP contribution in [0.4, 0.5) is 10.1 Å². The first-order valence-electron chi connectivity index (χ1n) is 6.09. The van der Waals surface area contributed by atoms with Crippen molar-refractivity contribution in [3.63, 3.8) is 0 Å². The SMILES string of the molecule is Cc1cc(Br)ccc1SCC(=O)Nc1ccc(Cl)cc1F. The maximum Gasteiger partial charge on any atom is 0.234 e. The topological polar surface area (TPSA) is 29.1 Å². The van der Waals surface area contributed by atoms with Gasteiger partial charge in [-0.1, -0.05) is 27.5 Å². The number of carbonyl (C=O) groups is 1. The second-order valence-corrected chi connectivity index (χ2v) is 6.74. The Balaban J connectivity index is 1.96. The number of halogens is 3. The van der Waals surface area contributed by atoms with Crippen LogP contribution in [0, 0.1) is 12.7 Å². The van der Waals surface area contributed by atoms with E-state index in [2.05, 4.69) is 21.2 Å². The Hall–Kier alpha value is -1.04. The molecule has 2 nitrogen and oxygen atoms in total. The lowest BCUT2D eigenvalue weighted by atomic mass is 10.2. The molecule has 0 aliphatic carbocycles. The van der Waals surface area contributed by atoms with Crippen molar-refractivity contribution in [1.29, 1.82) is 0 Å². The maximum absolute atomic E-state index is 13.6. The number of thioether (sulfide) groups is 1. The van der Waals surface area contributed by atoms with Gasteiger partial charge in [-0.15, -0.1) is 11.8 Å². The molecule has 0 aliphatic rings. The van der Waals surface area contributed by atoms with Crippen LogP contribution in [0.15, 0.2) is 45.8 Å². The van der Waals surface area contributed by atoms with Gasteiger partial charge in [0.1, 0.15) is 5.82 Å². The molecule has 2 aromatic rings. The predicted molar refractivity (Wildman–Crippen MR) is 89.6 cm³/mol. The van der Waals surface area contributed by atoms with Gasteiger partial charge in [-0.3, -0.25) is 4.79 Å². The Bertz CT molecular complexity index is 681. The second-order valence-electron chi connectivity index (χ2n) is 4.37. The molecule has 0 aromatic heterocycles. The van der Waals surface area contributed by atoms with Crippen molar-refractivity contribution in [3.05, 3.63) is 57.3 Å². The summed E-state index contributed by atoms with van der Waals surface area (Å²) in [6.45, 7) is 1.98. The lowest BCUT2D eigenvalue weighted by Gasteiger charge is -2.08. The fourth-order valence-corrected chi connectivity index (χ4v) is 3.14. The highest BCUT2D eigenvalue weighted by molar-refractivity contribution is 9.10. The fourth-order valence-electron chi connectivity index (χ4n) is 1.70. The molecular weight excluding hydrogens is 377 g/mol. The van der Waals surface area contributed by atoms with E-state index in [1.54, 1.807) is 0 Å². The zero-order valence-corrected chi connectivity index (χ0v) is 14.3. The Morgan fingerprint density at radius 2 is 2.10 bits per heavy atom. The molecule has 2 rings (SSSR count). The molecule has 0 fully saturated rings. The predicted octanol–water partition coefficient (Wildman–Crippen LogP) is 5.28. The van der Waals surface area contributed by atoms with Crippen molar-refractivity contribution in [1.82, 2.24) is 0 Å². The number of carbonyl (C=O) groups excluding carboxylic acids is 1. The summed E-state index contributed by atoms with van der Waals surface area (Å²) in [6.07, 6.45) is 0. The van der Waals surface area contributed by atoms with Gasteiger partial charge in [-0.25, -0.2) is 4.39 Å². The molecule has 0 heterocycles. The summed E-state index contributed by atoms with van der Waals surface area (Å²) in [6, 6.07) is 10.0. The monoisotopic (exact) mass is 387 g/mol. The van der Waals surface area contributed by atoms with Gasteiger partial charge in [0, 0.05) is 14.4 Å². The van der Waals surface area contributed by atoms with Crippen LogP contribution in [0.25, 0.3) is 0 Å². The average Bonchev–Trinajstić information content (AvgIpc) is 2.41. The van der Waals surface area contributed by atoms with Crippen molar-refractivity contribution in [2.24, 2.45) is 0 Å². The van der Waals surface area contributed by atoms with E-state index in [1.807, 2.05) is 25.1 Å². The molecule has 0 aliphatic heterocycles. The summed E-state index contributed by atoms with van der Waals surface area (Å²) >= 11 is 10.5. The minimum absolute atomic E-state index is 0.137. The Labute approximate surface area is 140 Å². The summed E-state index contributed by atoms with van der Waals surface area (Å²) in [5, 5.41) is 2.83. The van der Waals surface area contributed by atoms with E-state index in [1.165, 1.54) is 30.0 Å². The Morgan fingerprint density at radius 1 is 1.33 bits per heavy atom. The van der Waals surface area contributed by atoms with Crippen molar-refractivity contribution in [2.75, 3.05) is 11.1 Å². The van der Waals surface area contributed by atoms with E-state index in [9.17, 15) is 9.18 Å². The molecule has 1 amide bonds. The van der Waals surface area contributed by atoms with E-state index in [0.29, 0.717) is 5.02 Å². The van der Waals surface area contributed by atoms with Crippen LogP contribution < -0.4 is 5.32 Å². The number of anilines is 1. The molecule has 6 heteroatoms. The number of aryl methyl sites for hydroxylation is 1. The lowest BCUT2D eigenvalue weighted by molar-refractivity contribution is -0.113. The molecule has 0 spiro atoms. The van der Waals surface area contributed by atoms with E-state index in [-0.39, 0.29) is 17.3 Å². The third-order valence-corrected chi connectivity index (χ3v) is 4.60. The van der Waals surface area contributed by atoms with E-state index in [4.69, 9.17) is 11.6 Å². The lowest BCUT2D eigenvalue weighted by Crippen LogP contribution is -2.15. The van der Waals surface area contributed by atoms with Crippen molar-refractivity contribution in [3.8, 4) is 0 Å². The third-order valence-electron chi connectivity index (χ3n) is 2.70. The first-order valence-corrected chi connectivity index (χ1v) is 8.25. The second kappa shape index (κ2) is 7.29. The quantitative estimate of drug-likeness (QED) is 0.722. The van der Waals surface area contributed by atoms with Crippen molar-refractivity contribution in [2.45, 2.75) is 11.8 Å². The van der Waals surface area contributed by atoms with E-state index >= 15 is 0 Å². The van der Waals surface area contributed by atoms with Gasteiger partial charge in [-0.2, -0.15) is 0 Å².